The molecular weight excluding hydrogens is 850 g/mol. The summed E-state index contributed by atoms with van der Waals surface area (Å²) in [4.78, 5) is 30.9. The standard InChI is InChI=1S/C46H40ClN5O8S2/c1-26-3-4-30(17-37(26)47)24-58-36-15-13-33(14-16-36)42-25-59-40-20-34-19-39(52(23-35(34)21-41(40)60-42)62(56,57)45-27(2)50-46(49)61-45)43(53)51-38(44(54)55)18-28-5-9-31(10-6-28)32-11-7-29(22-48)8-12-32/h3-17,20-21,38-39,42H,18-19,23-25H2,1-2H3,(H2,49,50)(H,51,53)(H,54,55)/t38-,39-,42?/m0/s1. The highest BCUT2D eigenvalue weighted by molar-refractivity contribution is 7.91. The number of amides is 1. The fraction of sp³-hybridized carbons (Fsp3) is 0.217. The second kappa shape index (κ2) is 17.5. The second-order valence-corrected chi connectivity index (χ2v) is 18.6. The van der Waals surface area contributed by atoms with Gasteiger partial charge >= 0.3 is 5.97 Å². The highest BCUT2D eigenvalue weighted by Gasteiger charge is 2.43. The Balaban J connectivity index is 1.01. The molecule has 1 unspecified atom stereocenters. The molecule has 0 aliphatic carbocycles. The van der Waals surface area contributed by atoms with Crippen LogP contribution in [-0.2, 0) is 45.6 Å². The van der Waals surface area contributed by atoms with E-state index in [4.69, 9.17) is 36.8 Å². The Morgan fingerprint density at radius 2 is 1.66 bits per heavy atom. The first-order chi connectivity index (χ1) is 29.7. The minimum atomic E-state index is -4.37. The summed E-state index contributed by atoms with van der Waals surface area (Å²) < 4.78 is 48.4. The monoisotopic (exact) mass is 889 g/mol. The molecular formula is C46H40ClN5O8S2. The Hall–Kier alpha value is -6.44. The molecule has 316 valence electrons. The number of rotatable bonds is 12. The van der Waals surface area contributed by atoms with E-state index >= 15 is 0 Å². The number of hydrogen-bond donors (Lipinski definition) is 3. The van der Waals surface area contributed by atoms with Crippen molar-refractivity contribution >= 4 is 50.0 Å². The van der Waals surface area contributed by atoms with Crippen LogP contribution in [0.25, 0.3) is 11.1 Å². The number of hydrogen-bond acceptors (Lipinski definition) is 11. The van der Waals surface area contributed by atoms with Gasteiger partial charge in [0.25, 0.3) is 10.0 Å². The third-order valence-corrected chi connectivity index (χ3v) is 14.7. The summed E-state index contributed by atoms with van der Waals surface area (Å²) in [5.74, 6) is -0.549. The number of nitrogens with one attached hydrogen (secondary N) is 1. The molecule has 0 fully saturated rings. The summed E-state index contributed by atoms with van der Waals surface area (Å²) in [7, 11) is -4.37. The number of aromatic nitrogens is 1. The number of carboxylic acids is 1. The van der Waals surface area contributed by atoms with Crippen molar-refractivity contribution in [3.05, 3.63) is 153 Å². The molecule has 8 rings (SSSR count). The number of aryl methyl sites for hydroxylation is 2. The van der Waals surface area contributed by atoms with Gasteiger partial charge in [0.1, 0.15) is 31.0 Å². The molecule has 1 aromatic heterocycles. The number of halogens is 1. The topological polar surface area (TPSA) is 194 Å². The smallest absolute Gasteiger partial charge is 0.326 e. The number of ether oxygens (including phenoxy) is 3. The zero-order valence-corrected chi connectivity index (χ0v) is 35.9. The van der Waals surface area contributed by atoms with E-state index in [0.29, 0.717) is 51.1 Å². The first kappa shape index (κ1) is 42.3. The number of sulfonamides is 1. The van der Waals surface area contributed by atoms with Crippen molar-refractivity contribution in [1.29, 1.82) is 5.26 Å². The van der Waals surface area contributed by atoms with Gasteiger partial charge in [0.15, 0.2) is 26.9 Å². The first-order valence-electron chi connectivity index (χ1n) is 19.6. The van der Waals surface area contributed by atoms with Crippen LogP contribution in [0.15, 0.2) is 107 Å². The summed E-state index contributed by atoms with van der Waals surface area (Å²) in [6, 6.07) is 30.4. The second-order valence-electron chi connectivity index (χ2n) is 15.1. The molecule has 16 heteroatoms. The SMILES string of the molecule is Cc1ccc(COc2ccc(C3COc4cc5c(cc4O3)CN(S(=O)(=O)c3sc(N)nc3C)[C@H](C(=O)N[C@@H](Cc3ccc(-c4ccc(C#N)cc4)cc3)C(=O)O)C5)cc2)cc1Cl. The van der Waals surface area contributed by atoms with Crippen LogP contribution in [0.4, 0.5) is 5.13 Å². The molecule has 6 aromatic rings. The highest BCUT2D eigenvalue weighted by Crippen LogP contribution is 2.42. The fourth-order valence-electron chi connectivity index (χ4n) is 7.46. The molecule has 0 bridgehead atoms. The fourth-order valence-corrected chi connectivity index (χ4v) is 10.6. The Bertz CT molecular complexity index is 2830. The lowest BCUT2D eigenvalue weighted by Crippen LogP contribution is -2.55. The number of carboxylic acid groups (broad SMARTS) is 1. The number of nitriles is 1. The first-order valence-corrected chi connectivity index (χ1v) is 22.2. The maximum Gasteiger partial charge on any atom is 0.326 e. The van der Waals surface area contributed by atoms with E-state index in [0.717, 1.165) is 43.5 Å². The Kier molecular flexibility index (Phi) is 11.9. The molecule has 0 saturated heterocycles. The predicted octanol–water partition coefficient (Wildman–Crippen LogP) is 7.55. The number of aliphatic carboxylic acids is 1. The number of anilines is 1. The average molecular weight is 890 g/mol. The number of thiazole rings is 1. The summed E-state index contributed by atoms with van der Waals surface area (Å²) >= 11 is 7.06. The third kappa shape index (κ3) is 8.95. The molecule has 0 spiro atoms. The van der Waals surface area contributed by atoms with E-state index in [9.17, 15) is 23.1 Å². The predicted molar refractivity (Wildman–Crippen MR) is 234 cm³/mol. The molecule has 62 heavy (non-hydrogen) atoms. The number of nitrogens with two attached hydrogens (primary N) is 1. The van der Waals surface area contributed by atoms with Crippen LogP contribution in [0.3, 0.4) is 0 Å². The molecule has 3 atom stereocenters. The molecule has 1 amide bonds. The van der Waals surface area contributed by atoms with E-state index in [1.807, 2.05) is 73.7 Å². The van der Waals surface area contributed by atoms with Gasteiger partial charge in [-0.05, 0) is 107 Å². The van der Waals surface area contributed by atoms with Crippen molar-refractivity contribution < 1.29 is 37.3 Å². The Labute approximate surface area is 367 Å². The summed E-state index contributed by atoms with van der Waals surface area (Å²) in [5, 5.41) is 22.7. The van der Waals surface area contributed by atoms with Gasteiger partial charge in [0.2, 0.25) is 5.91 Å². The van der Waals surface area contributed by atoms with E-state index < -0.39 is 40.1 Å². The van der Waals surface area contributed by atoms with Crippen LogP contribution in [-0.4, -0.2) is 53.4 Å². The molecule has 4 N–H and O–H groups in total. The summed E-state index contributed by atoms with van der Waals surface area (Å²) in [5.41, 5.74) is 13.0. The number of nitrogen functional groups attached to an aromatic ring is 1. The third-order valence-electron chi connectivity index (χ3n) is 10.9. The van der Waals surface area contributed by atoms with Gasteiger partial charge in [-0.3, -0.25) is 4.79 Å². The molecule has 0 saturated carbocycles. The number of carbonyl (C=O) groups excluding carboxylic acids is 1. The van der Waals surface area contributed by atoms with E-state index in [1.165, 1.54) is 6.92 Å². The maximum absolute atomic E-state index is 14.4. The average Bonchev–Trinajstić information content (AvgIpc) is 3.63. The van der Waals surface area contributed by atoms with Crippen molar-refractivity contribution in [3.8, 4) is 34.4 Å². The van der Waals surface area contributed by atoms with Crippen molar-refractivity contribution in [2.24, 2.45) is 0 Å². The lowest BCUT2D eigenvalue weighted by Gasteiger charge is -2.36. The molecule has 3 heterocycles. The van der Waals surface area contributed by atoms with Crippen LogP contribution in [0.1, 0.15) is 50.7 Å². The highest BCUT2D eigenvalue weighted by atomic mass is 35.5. The quantitative estimate of drug-likeness (QED) is 0.110. The Morgan fingerprint density at radius 1 is 0.984 bits per heavy atom. The lowest BCUT2D eigenvalue weighted by molar-refractivity contribution is -0.142. The van der Waals surface area contributed by atoms with Gasteiger partial charge in [-0.1, -0.05) is 83.6 Å². The zero-order chi connectivity index (χ0) is 43.7. The molecule has 2 aliphatic rings. The van der Waals surface area contributed by atoms with Crippen LogP contribution < -0.4 is 25.3 Å². The van der Waals surface area contributed by atoms with Crippen LogP contribution in [0, 0.1) is 25.2 Å². The zero-order valence-electron chi connectivity index (χ0n) is 33.5. The normalized spacial score (nSPS) is 16.4. The number of nitrogens with zero attached hydrogens (tertiary/aromatic N) is 3. The van der Waals surface area contributed by atoms with Gasteiger partial charge in [-0.15, -0.1) is 0 Å². The minimum Gasteiger partial charge on any atom is -0.489 e. The van der Waals surface area contributed by atoms with Crippen molar-refractivity contribution in [2.45, 2.75) is 62.2 Å². The van der Waals surface area contributed by atoms with Crippen LogP contribution >= 0.6 is 22.9 Å². The van der Waals surface area contributed by atoms with Gasteiger partial charge < -0.3 is 30.4 Å². The van der Waals surface area contributed by atoms with Crippen molar-refractivity contribution in [3.63, 3.8) is 0 Å². The summed E-state index contributed by atoms with van der Waals surface area (Å²) in [6.45, 7) is 3.79. The van der Waals surface area contributed by atoms with Crippen LogP contribution in [0.5, 0.6) is 17.2 Å². The number of carbonyl (C=O) groups is 2. The van der Waals surface area contributed by atoms with Gasteiger partial charge in [-0.25, -0.2) is 18.2 Å². The summed E-state index contributed by atoms with van der Waals surface area (Å²) in [6.07, 6.45) is -0.612. The molecule has 0 radical (unpaired) electrons. The van der Waals surface area contributed by atoms with E-state index in [1.54, 1.807) is 36.4 Å². The van der Waals surface area contributed by atoms with E-state index in [-0.39, 0.29) is 41.0 Å². The largest absolute Gasteiger partial charge is 0.489 e. The van der Waals surface area contributed by atoms with Crippen LogP contribution in [0.2, 0.25) is 5.02 Å². The number of benzene rings is 5. The lowest BCUT2D eigenvalue weighted by atomic mass is 9.94. The van der Waals surface area contributed by atoms with E-state index in [2.05, 4.69) is 16.4 Å². The molecule has 13 nitrogen and oxygen atoms in total. The van der Waals surface area contributed by atoms with Gasteiger partial charge in [0, 0.05) is 18.0 Å². The van der Waals surface area contributed by atoms with Gasteiger partial charge in [0.05, 0.1) is 17.3 Å². The van der Waals surface area contributed by atoms with Crippen molar-refractivity contribution in [1.82, 2.24) is 14.6 Å². The minimum absolute atomic E-state index is 0.0528. The van der Waals surface area contributed by atoms with Crippen molar-refractivity contribution in [2.75, 3.05) is 12.3 Å². The Morgan fingerprint density at radius 3 is 2.31 bits per heavy atom. The molecule has 2 aliphatic heterocycles. The van der Waals surface area contributed by atoms with Gasteiger partial charge in [-0.2, -0.15) is 9.57 Å². The number of fused-ring (bicyclic) bond motifs is 2. The molecule has 5 aromatic carbocycles. The maximum atomic E-state index is 14.4.